The lowest BCUT2D eigenvalue weighted by Gasteiger charge is -2.27. The fourth-order valence-corrected chi connectivity index (χ4v) is 8.15. The van der Waals surface area contributed by atoms with Gasteiger partial charge in [-0.05, 0) is 38.8 Å². The molecule has 14 heteroatoms. The fourth-order valence-electron chi connectivity index (χ4n) is 3.13. The van der Waals surface area contributed by atoms with Crippen LogP contribution in [0, 0.1) is 0 Å². The third-order valence-corrected chi connectivity index (χ3v) is 10.4. The minimum absolute atomic E-state index is 0.0295. The quantitative estimate of drug-likeness (QED) is 0.266. The highest BCUT2D eigenvalue weighted by Crippen LogP contribution is 2.42. The van der Waals surface area contributed by atoms with Gasteiger partial charge in [-0.25, -0.2) is 21.6 Å². The molecule has 1 amide bonds. The highest BCUT2D eigenvalue weighted by atomic mass is 32.3. The van der Waals surface area contributed by atoms with Gasteiger partial charge in [-0.2, -0.15) is 0 Å². The molecule has 0 spiro atoms. The molecule has 1 aromatic rings. The predicted molar refractivity (Wildman–Crippen MR) is 107 cm³/mol. The molecule has 0 aliphatic carbocycles. The van der Waals surface area contributed by atoms with Crippen LogP contribution in [0.1, 0.15) is 57.6 Å². The summed E-state index contributed by atoms with van der Waals surface area (Å²) in [6.45, 7) is 4.12. The number of rotatable bonds is 11. The van der Waals surface area contributed by atoms with Crippen LogP contribution in [0.5, 0.6) is 0 Å². The Morgan fingerprint density at radius 1 is 1.33 bits per heavy atom. The van der Waals surface area contributed by atoms with Crippen molar-refractivity contribution in [1.82, 2.24) is 15.4 Å². The molecule has 0 fully saturated rings. The summed E-state index contributed by atoms with van der Waals surface area (Å²) in [5.74, 6) is -0.701. The zero-order valence-electron chi connectivity index (χ0n) is 16.7. The van der Waals surface area contributed by atoms with Crippen molar-refractivity contribution in [2.75, 3.05) is 13.2 Å². The van der Waals surface area contributed by atoms with E-state index in [9.17, 15) is 21.6 Å². The van der Waals surface area contributed by atoms with E-state index in [1.165, 1.54) is 6.07 Å². The van der Waals surface area contributed by atoms with Gasteiger partial charge in [-0.15, -0.1) is 11.3 Å². The maximum atomic E-state index is 12.6. The van der Waals surface area contributed by atoms with Crippen molar-refractivity contribution < 1.29 is 36.9 Å². The summed E-state index contributed by atoms with van der Waals surface area (Å²) in [6, 6.07) is 1.06. The van der Waals surface area contributed by atoms with Gasteiger partial charge in [0.15, 0.2) is 9.84 Å². The van der Waals surface area contributed by atoms with E-state index in [0.29, 0.717) is 49.1 Å². The zero-order valence-corrected chi connectivity index (χ0v) is 19.1. The van der Waals surface area contributed by atoms with Crippen molar-refractivity contribution in [2.24, 2.45) is 0 Å². The molecule has 2 rings (SSSR count). The monoisotopic (exact) mass is 485 g/mol. The number of fused-ring (bicyclic) bond motifs is 1. The first kappa shape index (κ1) is 25.1. The number of carbonyl (C=O) groups excluding carboxylic acids is 1. The third-order valence-electron chi connectivity index (χ3n) is 4.65. The molecule has 0 bridgehead atoms. The molecule has 0 saturated heterocycles. The Bertz CT molecular complexity index is 943. The lowest BCUT2D eigenvalue weighted by Crippen LogP contribution is -2.33. The Morgan fingerprint density at radius 2 is 2.03 bits per heavy atom. The molecule has 4 N–H and O–H groups in total. The van der Waals surface area contributed by atoms with Gasteiger partial charge in [-0.1, -0.05) is 13.3 Å². The summed E-state index contributed by atoms with van der Waals surface area (Å²) in [7, 11) is -7.81. The summed E-state index contributed by atoms with van der Waals surface area (Å²) in [5, 5.41) is 18.9. The maximum Gasteiger partial charge on any atom is 0.273 e. The lowest BCUT2D eigenvalue weighted by molar-refractivity contribution is -0.492. The van der Waals surface area contributed by atoms with Gasteiger partial charge in [0.05, 0.1) is 17.2 Å². The fraction of sp³-hybridized carbons (Fsp3) is 0.688. The highest BCUT2D eigenvalue weighted by molar-refractivity contribution is 7.95. The van der Waals surface area contributed by atoms with Gasteiger partial charge in [0, 0.05) is 18.0 Å². The molecule has 0 saturated carbocycles. The number of carbonyl (C=O) groups is 1. The Morgan fingerprint density at radius 3 is 2.67 bits per heavy atom. The van der Waals surface area contributed by atoms with Gasteiger partial charge in [-0.3, -0.25) is 20.0 Å². The number of nitrogens with one attached hydrogen (secondary N) is 2. The third kappa shape index (κ3) is 6.20. The summed E-state index contributed by atoms with van der Waals surface area (Å²) in [6.07, 6.45) is 1.62. The summed E-state index contributed by atoms with van der Waals surface area (Å²) in [5.41, 5.74) is 0.426. The number of sulfone groups is 1. The van der Waals surface area contributed by atoms with Crippen molar-refractivity contribution in [3.05, 3.63) is 11.6 Å². The van der Waals surface area contributed by atoms with E-state index in [0.717, 1.165) is 0 Å². The first-order valence-electron chi connectivity index (χ1n) is 9.46. The summed E-state index contributed by atoms with van der Waals surface area (Å²) >= 11 is 0.663. The largest absolute Gasteiger partial charge is 0.310 e. The van der Waals surface area contributed by atoms with Crippen LogP contribution >= 0.6 is 11.3 Å². The first-order valence-corrected chi connectivity index (χ1v) is 13.3. The minimum Gasteiger partial charge on any atom is -0.310 e. The van der Waals surface area contributed by atoms with Gasteiger partial charge in [0.2, 0.25) is 5.91 Å². The molecule has 11 nitrogen and oxygen atoms in total. The van der Waals surface area contributed by atoms with Crippen LogP contribution in [0.25, 0.3) is 0 Å². The van der Waals surface area contributed by atoms with E-state index in [2.05, 4.69) is 10.2 Å². The average Bonchev–Trinajstić information content (AvgIpc) is 3.10. The standard InChI is InChI=1S/C16H27N3O8S3/c1-3-17-13-9-11(2)29(23,24)16-12(13)10-15(28-16)30(25,26)18-14(20)7-5-4-6-8-27-19(21)22/h10-11,13,17,21-22H,3-9H2,1-2H3,(H,18,20)/t11?,13-/m0/s1. The van der Waals surface area contributed by atoms with Gasteiger partial charge in [0.25, 0.3) is 10.0 Å². The molecular formula is C16H27N3O8S3. The molecule has 0 radical (unpaired) electrons. The van der Waals surface area contributed by atoms with Crippen LogP contribution < -0.4 is 10.0 Å². The van der Waals surface area contributed by atoms with E-state index in [1.807, 2.05) is 11.6 Å². The molecule has 1 aromatic heterocycles. The Hall–Kier alpha value is -1.13. The number of hydrogen-bond donors (Lipinski definition) is 4. The number of hydrogen-bond acceptors (Lipinski definition) is 11. The Labute approximate surface area is 179 Å². The molecule has 0 aromatic carbocycles. The number of nitrogens with zero attached hydrogens (tertiary/aromatic N) is 1. The topological polar surface area (TPSA) is 162 Å². The molecule has 172 valence electrons. The second-order valence-electron chi connectivity index (χ2n) is 6.94. The van der Waals surface area contributed by atoms with Crippen LogP contribution in [-0.2, 0) is 29.5 Å². The van der Waals surface area contributed by atoms with Crippen molar-refractivity contribution in [3.8, 4) is 0 Å². The number of unbranched alkanes of at least 4 members (excludes halogenated alkanes) is 2. The summed E-state index contributed by atoms with van der Waals surface area (Å²) in [4.78, 5) is 16.4. The highest BCUT2D eigenvalue weighted by Gasteiger charge is 2.39. The predicted octanol–water partition coefficient (Wildman–Crippen LogP) is 1.34. The second kappa shape index (κ2) is 10.5. The van der Waals surface area contributed by atoms with Crippen LogP contribution in [0.4, 0.5) is 0 Å². The van der Waals surface area contributed by atoms with E-state index >= 15 is 0 Å². The molecule has 1 aliphatic heterocycles. The van der Waals surface area contributed by atoms with Crippen molar-refractivity contribution >= 4 is 37.1 Å². The van der Waals surface area contributed by atoms with E-state index in [-0.39, 0.29) is 27.5 Å². The van der Waals surface area contributed by atoms with E-state index in [4.69, 9.17) is 10.4 Å². The Balaban J connectivity index is 2.05. The lowest BCUT2D eigenvalue weighted by atomic mass is 10.1. The SMILES string of the molecule is CCN[C@H]1CC(C)S(=O)(=O)c2sc(S(=O)(=O)NC(=O)CCCCCON(O)O)cc21. The maximum absolute atomic E-state index is 12.6. The number of sulfonamides is 1. The molecule has 1 aliphatic rings. The van der Waals surface area contributed by atoms with Crippen molar-refractivity contribution in [2.45, 2.75) is 65.7 Å². The van der Waals surface area contributed by atoms with Crippen LogP contribution in [-0.4, -0.2) is 56.9 Å². The van der Waals surface area contributed by atoms with E-state index < -0.39 is 36.4 Å². The molecular weight excluding hydrogens is 458 g/mol. The van der Waals surface area contributed by atoms with Crippen LogP contribution in [0.2, 0.25) is 0 Å². The van der Waals surface area contributed by atoms with Crippen LogP contribution in [0.3, 0.4) is 0 Å². The van der Waals surface area contributed by atoms with Crippen molar-refractivity contribution in [3.63, 3.8) is 0 Å². The second-order valence-corrected chi connectivity index (χ2v) is 12.5. The number of thiophene rings is 1. The zero-order chi connectivity index (χ0) is 22.5. The minimum atomic E-state index is -4.19. The smallest absolute Gasteiger partial charge is 0.273 e. The molecule has 1 unspecified atom stereocenters. The van der Waals surface area contributed by atoms with E-state index in [1.54, 1.807) is 6.92 Å². The Kier molecular flexibility index (Phi) is 8.76. The van der Waals surface area contributed by atoms with Gasteiger partial charge in [0.1, 0.15) is 8.42 Å². The summed E-state index contributed by atoms with van der Waals surface area (Å²) < 4.78 is 52.3. The van der Waals surface area contributed by atoms with Gasteiger partial charge >= 0.3 is 0 Å². The first-order chi connectivity index (χ1) is 14.0. The molecule has 30 heavy (non-hydrogen) atoms. The average molecular weight is 486 g/mol. The number of amides is 1. The molecule has 2 atom stereocenters. The normalized spacial score (nSPS) is 20.8. The van der Waals surface area contributed by atoms with Crippen LogP contribution in [0.15, 0.2) is 14.5 Å². The van der Waals surface area contributed by atoms with Crippen molar-refractivity contribution in [1.29, 1.82) is 0 Å². The van der Waals surface area contributed by atoms with Gasteiger partial charge < -0.3 is 5.32 Å². The molecule has 2 heterocycles.